The van der Waals surface area contributed by atoms with Crippen LogP contribution in [0.2, 0.25) is 0 Å². The minimum atomic E-state index is -0.547. The number of rotatable bonds is 3. The summed E-state index contributed by atoms with van der Waals surface area (Å²) in [4.78, 5) is 10.3. The van der Waals surface area contributed by atoms with Crippen molar-refractivity contribution in [1.82, 2.24) is 0 Å². The second kappa shape index (κ2) is 8.74. The van der Waals surface area contributed by atoms with E-state index in [4.69, 9.17) is 11.9 Å². The van der Waals surface area contributed by atoms with Crippen molar-refractivity contribution in [2.24, 2.45) is 0 Å². The summed E-state index contributed by atoms with van der Waals surface area (Å²) in [5.41, 5.74) is 1.56. The van der Waals surface area contributed by atoms with Crippen LogP contribution in [0.3, 0.4) is 0 Å². The van der Waals surface area contributed by atoms with Crippen LogP contribution in [0.1, 0.15) is 18.9 Å². The number of hydrogen-bond donors (Lipinski definition) is 0. The van der Waals surface area contributed by atoms with Gasteiger partial charge in [0, 0.05) is 5.57 Å². The van der Waals surface area contributed by atoms with Gasteiger partial charge in [-0.25, -0.2) is 4.79 Å². The lowest BCUT2D eigenvalue weighted by atomic mass is 10.2. The zero-order valence-electron chi connectivity index (χ0n) is 9.28. The SMILES string of the molecule is C=C(CC)C(=O)OCl.C=Cc1ccccc1. The van der Waals surface area contributed by atoms with Gasteiger partial charge in [0.25, 0.3) is 0 Å². The Morgan fingerprint density at radius 1 is 1.44 bits per heavy atom. The first-order valence-corrected chi connectivity index (χ1v) is 5.14. The fraction of sp³-hybridized carbons (Fsp3) is 0.154. The van der Waals surface area contributed by atoms with Crippen molar-refractivity contribution in [2.75, 3.05) is 0 Å². The van der Waals surface area contributed by atoms with Crippen molar-refractivity contribution in [3.63, 3.8) is 0 Å². The fourth-order valence-corrected chi connectivity index (χ4v) is 0.897. The van der Waals surface area contributed by atoms with Gasteiger partial charge in [-0.2, -0.15) is 0 Å². The summed E-state index contributed by atoms with van der Waals surface area (Å²) in [5, 5.41) is 0. The molecule has 0 unspecified atom stereocenters. The van der Waals surface area contributed by atoms with E-state index in [1.807, 2.05) is 36.4 Å². The van der Waals surface area contributed by atoms with Gasteiger partial charge in [0.15, 0.2) is 0 Å². The number of halogens is 1. The molecule has 1 rings (SSSR count). The maximum Gasteiger partial charge on any atom is 0.351 e. The largest absolute Gasteiger partial charge is 0.351 e. The highest BCUT2D eigenvalue weighted by atomic mass is 35.5. The van der Waals surface area contributed by atoms with E-state index in [0.29, 0.717) is 12.0 Å². The van der Waals surface area contributed by atoms with Crippen LogP contribution in [0.5, 0.6) is 0 Å². The first kappa shape index (κ1) is 14.5. The van der Waals surface area contributed by atoms with Crippen molar-refractivity contribution in [3.05, 3.63) is 54.6 Å². The van der Waals surface area contributed by atoms with Gasteiger partial charge in [0.1, 0.15) is 11.9 Å². The van der Waals surface area contributed by atoms with Crippen LogP contribution in [-0.4, -0.2) is 5.97 Å². The van der Waals surface area contributed by atoms with Crippen LogP contribution in [0.25, 0.3) is 6.08 Å². The van der Waals surface area contributed by atoms with Crippen LogP contribution in [-0.2, 0) is 9.08 Å². The van der Waals surface area contributed by atoms with Gasteiger partial charge >= 0.3 is 5.97 Å². The zero-order chi connectivity index (χ0) is 12.4. The third kappa shape index (κ3) is 6.04. The molecule has 3 heteroatoms. The van der Waals surface area contributed by atoms with Crippen molar-refractivity contribution < 1.29 is 9.08 Å². The van der Waals surface area contributed by atoms with Gasteiger partial charge < -0.3 is 4.29 Å². The predicted molar refractivity (Wildman–Crippen MR) is 67.9 cm³/mol. The highest BCUT2D eigenvalue weighted by molar-refractivity contribution is 6.15. The Balaban J connectivity index is 0.000000281. The molecule has 0 radical (unpaired) electrons. The zero-order valence-corrected chi connectivity index (χ0v) is 10.0. The Hall–Kier alpha value is -1.54. The molecule has 0 amide bonds. The maximum absolute atomic E-state index is 10.3. The highest BCUT2D eigenvalue weighted by Crippen LogP contribution is 2.00. The summed E-state index contributed by atoms with van der Waals surface area (Å²) in [7, 11) is 0. The third-order valence-corrected chi connectivity index (χ3v) is 1.96. The normalized spacial score (nSPS) is 8.38. The molecule has 1 aromatic carbocycles. The molecule has 0 atom stereocenters. The predicted octanol–water partition coefficient (Wildman–Crippen LogP) is 3.98. The second-order valence-corrected chi connectivity index (χ2v) is 3.09. The molecule has 0 saturated carbocycles. The van der Waals surface area contributed by atoms with Crippen molar-refractivity contribution >= 4 is 23.9 Å². The van der Waals surface area contributed by atoms with E-state index < -0.39 is 5.97 Å². The summed E-state index contributed by atoms with van der Waals surface area (Å²) in [6, 6.07) is 10.0. The van der Waals surface area contributed by atoms with E-state index in [0.717, 1.165) is 0 Å². The van der Waals surface area contributed by atoms with Crippen molar-refractivity contribution in [1.29, 1.82) is 0 Å². The number of hydrogen-bond acceptors (Lipinski definition) is 2. The number of carbonyl (C=O) groups is 1. The number of benzene rings is 1. The molecule has 16 heavy (non-hydrogen) atoms. The smallest absolute Gasteiger partial charge is 0.343 e. The van der Waals surface area contributed by atoms with Crippen LogP contribution >= 0.6 is 11.9 Å². The van der Waals surface area contributed by atoms with E-state index in [-0.39, 0.29) is 0 Å². The Morgan fingerprint density at radius 2 is 2.00 bits per heavy atom. The Labute approximate surface area is 101 Å². The van der Waals surface area contributed by atoms with Crippen molar-refractivity contribution in [3.8, 4) is 0 Å². The summed E-state index contributed by atoms with van der Waals surface area (Å²) in [5.74, 6) is -0.547. The van der Waals surface area contributed by atoms with Gasteiger partial charge in [0.2, 0.25) is 0 Å². The second-order valence-electron chi connectivity index (χ2n) is 2.94. The van der Waals surface area contributed by atoms with Crippen LogP contribution in [0.4, 0.5) is 0 Å². The van der Waals surface area contributed by atoms with Gasteiger partial charge in [-0.15, -0.1) is 0 Å². The summed E-state index contributed by atoms with van der Waals surface area (Å²) < 4.78 is 3.84. The highest BCUT2D eigenvalue weighted by Gasteiger charge is 2.02. The van der Waals surface area contributed by atoms with Gasteiger partial charge in [-0.1, -0.05) is 56.5 Å². The van der Waals surface area contributed by atoms with E-state index in [1.165, 1.54) is 5.56 Å². The fourth-order valence-electron chi connectivity index (χ4n) is 0.788. The molecular formula is C13H15ClO2. The van der Waals surface area contributed by atoms with E-state index in [9.17, 15) is 4.79 Å². The van der Waals surface area contributed by atoms with Gasteiger partial charge in [-0.3, -0.25) is 0 Å². The first-order valence-electron chi connectivity index (χ1n) is 4.83. The van der Waals surface area contributed by atoms with E-state index in [1.54, 1.807) is 6.92 Å². The lowest BCUT2D eigenvalue weighted by Crippen LogP contribution is -1.98. The molecule has 0 aliphatic carbocycles. The molecule has 0 aliphatic rings. The number of carbonyl (C=O) groups excluding carboxylic acids is 1. The topological polar surface area (TPSA) is 26.3 Å². The van der Waals surface area contributed by atoms with Crippen molar-refractivity contribution in [2.45, 2.75) is 13.3 Å². The Bertz CT molecular complexity index is 330. The molecule has 86 valence electrons. The molecule has 2 nitrogen and oxygen atoms in total. The van der Waals surface area contributed by atoms with E-state index >= 15 is 0 Å². The summed E-state index contributed by atoms with van der Waals surface area (Å²) in [6.07, 6.45) is 2.41. The molecule has 0 aromatic heterocycles. The molecule has 0 aliphatic heterocycles. The average Bonchev–Trinajstić information content (AvgIpc) is 2.38. The van der Waals surface area contributed by atoms with Gasteiger partial charge in [0.05, 0.1) is 0 Å². The van der Waals surface area contributed by atoms with Gasteiger partial charge in [-0.05, 0) is 12.0 Å². The maximum atomic E-state index is 10.3. The van der Waals surface area contributed by atoms with Crippen LogP contribution in [0, 0.1) is 0 Å². The standard InChI is InChI=1S/C8H8.C5H7ClO2/c1-2-8-6-4-3-5-7-8;1-3-4(2)5(7)8-6/h2-7H,1H2;2-3H2,1H3. The first-order chi connectivity index (χ1) is 7.65. The molecular weight excluding hydrogens is 224 g/mol. The molecule has 1 aromatic rings. The Kier molecular flexibility index (Phi) is 7.90. The quantitative estimate of drug-likeness (QED) is 0.745. The minimum Gasteiger partial charge on any atom is -0.343 e. The molecule has 0 heterocycles. The van der Waals surface area contributed by atoms with Crippen LogP contribution in [0.15, 0.2) is 49.1 Å². The molecule has 0 fully saturated rings. The Morgan fingerprint density at radius 3 is 2.25 bits per heavy atom. The monoisotopic (exact) mass is 238 g/mol. The molecule has 0 saturated heterocycles. The van der Waals surface area contributed by atoms with Crippen LogP contribution < -0.4 is 0 Å². The average molecular weight is 239 g/mol. The third-order valence-electron chi connectivity index (χ3n) is 1.82. The minimum absolute atomic E-state index is 0.389. The molecule has 0 N–H and O–H groups in total. The molecule has 0 bridgehead atoms. The van der Waals surface area contributed by atoms with E-state index in [2.05, 4.69) is 17.4 Å². The molecule has 0 spiro atoms. The summed E-state index contributed by atoms with van der Waals surface area (Å²) >= 11 is 4.72. The lowest BCUT2D eigenvalue weighted by molar-refractivity contribution is -0.129. The summed E-state index contributed by atoms with van der Waals surface area (Å²) in [6.45, 7) is 8.82. The lowest BCUT2D eigenvalue weighted by Gasteiger charge is -1.92.